The van der Waals surface area contributed by atoms with Crippen molar-refractivity contribution in [2.45, 2.75) is 27.7 Å². The van der Waals surface area contributed by atoms with E-state index in [1.807, 2.05) is 52.0 Å². The van der Waals surface area contributed by atoms with Crippen molar-refractivity contribution in [2.24, 2.45) is 0 Å². The summed E-state index contributed by atoms with van der Waals surface area (Å²) in [4.78, 5) is 12.1. The Bertz CT molecular complexity index is 1030. The highest BCUT2D eigenvalue weighted by molar-refractivity contribution is 5.90. The van der Waals surface area contributed by atoms with Gasteiger partial charge in [-0.1, -0.05) is 0 Å². The number of ether oxygens (including phenoxy) is 1. The summed E-state index contributed by atoms with van der Waals surface area (Å²) in [6, 6.07) is 8.92. The molecule has 0 aliphatic heterocycles. The van der Waals surface area contributed by atoms with Gasteiger partial charge in [0.05, 0.1) is 12.8 Å². The zero-order chi connectivity index (χ0) is 21.7. The lowest BCUT2D eigenvalue weighted by molar-refractivity contribution is 0.252. The van der Waals surface area contributed by atoms with Crippen LogP contribution in [0.15, 0.2) is 30.3 Å². The second-order valence-electron chi connectivity index (χ2n) is 6.97. The van der Waals surface area contributed by atoms with Gasteiger partial charge in [0, 0.05) is 24.5 Å². The van der Waals surface area contributed by atoms with Crippen LogP contribution in [0.4, 0.5) is 16.3 Å². The predicted molar refractivity (Wildman–Crippen MR) is 117 cm³/mol. The highest BCUT2D eigenvalue weighted by Gasteiger charge is 2.10. The number of benzene rings is 1. The Morgan fingerprint density at radius 3 is 2.47 bits per heavy atom. The third kappa shape index (κ3) is 4.86. The molecule has 1 aromatic carbocycles. The van der Waals surface area contributed by atoms with Gasteiger partial charge in [0.2, 0.25) is 0 Å². The van der Waals surface area contributed by atoms with Gasteiger partial charge in [-0.05, 0) is 69.2 Å². The molecule has 2 aromatic heterocycles. The molecular formula is C21H27N7O2. The molecule has 2 heterocycles. The van der Waals surface area contributed by atoms with Crippen LogP contribution in [0.2, 0.25) is 0 Å². The molecule has 0 aliphatic rings. The third-order valence-corrected chi connectivity index (χ3v) is 4.92. The van der Waals surface area contributed by atoms with Crippen LogP contribution in [0.5, 0.6) is 5.75 Å². The maximum Gasteiger partial charge on any atom is 0.319 e. The normalized spacial score (nSPS) is 10.6. The Morgan fingerprint density at radius 1 is 1.07 bits per heavy atom. The van der Waals surface area contributed by atoms with Gasteiger partial charge in [-0.3, -0.25) is 0 Å². The molecule has 0 radical (unpaired) electrons. The van der Waals surface area contributed by atoms with Crippen LogP contribution in [0.25, 0.3) is 5.82 Å². The maximum atomic E-state index is 12.1. The molecule has 0 unspecified atom stereocenters. The minimum Gasteiger partial charge on any atom is -0.497 e. The van der Waals surface area contributed by atoms with Gasteiger partial charge in [-0.2, -0.15) is 5.10 Å². The summed E-state index contributed by atoms with van der Waals surface area (Å²) in [5.74, 6) is 2.05. The average molecular weight is 409 g/mol. The molecule has 9 nitrogen and oxygen atoms in total. The first-order chi connectivity index (χ1) is 14.4. The minimum atomic E-state index is -0.272. The van der Waals surface area contributed by atoms with Gasteiger partial charge in [0.25, 0.3) is 0 Å². The number of nitrogens with one attached hydrogen (secondary N) is 3. The fourth-order valence-corrected chi connectivity index (χ4v) is 2.91. The number of carbonyl (C=O) groups is 1. The molecule has 3 rings (SSSR count). The molecule has 158 valence electrons. The summed E-state index contributed by atoms with van der Waals surface area (Å²) in [5, 5.41) is 21.7. The smallest absolute Gasteiger partial charge is 0.319 e. The molecule has 0 fully saturated rings. The van der Waals surface area contributed by atoms with Gasteiger partial charge in [-0.25, -0.2) is 9.48 Å². The number of nitrogens with zero attached hydrogens (tertiary/aromatic N) is 4. The second kappa shape index (κ2) is 9.25. The van der Waals surface area contributed by atoms with Gasteiger partial charge in [-0.15, -0.1) is 10.2 Å². The number of aromatic nitrogens is 4. The maximum absolute atomic E-state index is 12.1. The van der Waals surface area contributed by atoms with Crippen LogP contribution in [0.3, 0.4) is 0 Å². The number of methoxy groups -OCH3 is 1. The number of anilines is 2. The second-order valence-corrected chi connectivity index (χ2v) is 6.97. The van der Waals surface area contributed by atoms with Crippen LogP contribution < -0.4 is 20.7 Å². The third-order valence-electron chi connectivity index (χ3n) is 4.92. The quantitative estimate of drug-likeness (QED) is 0.518. The van der Waals surface area contributed by atoms with E-state index in [4.69, 9.17) is 4.74 Å². The molecule has 9 heteroatoms. The topological polar surface area (TPSA) is 106 Å². The van der Waals surface area contributed by atoms with Crippen molar-refractivity contribution in [1.82, 2.24) is 25.3 Å². The largest absolute Gasteiger partial charge is 0.497 e. The van der Waals surface area contributed by atoms with Crippen molar-refractivity contribution in [1.29, 1.82) is 0 Å². The van der Waals surface area contributed by atoms with Crippen LogP contribution in [-0.2, 0) is 0 Å². The predicted octanol–water partition coefficient (Wildman–Crippen LogP) is 3.14. The van der Waals surface area contributed by atoms with Crippen LogP contribution in [0.1, 0.15) is 22.5 Å². The van der Waals surface area contributed by atoms with Crippen LogP contribution in [0, 0.1) is 27.7 Å². The van der Waals surface area contributed by atoms with E-state index in [2.05, 4.69) is 31.2 Å². The number of carbonyl (C=O) groups excluding carboxylic acids is 1. The molecule has 0 atom stereocenters. The standard InChI is InChI=1S/C21H27N7O2/c1-13-12-17(30-5)6-7-18(13)24-21(29)23-11-10-22-19-8-9-20(26-25-19)28-16(4)14(2)15(3)27-28/h6-9,12H,10-11H2,1-5H3,(H,22,25)(H2,23,24,29). The Hall–Kier alpha value is -3.62. The molecule has 0 bridgehead atoms. The molecule has 0 spiro atoms. The number of hydrogen-bond donors (Lipinski definition) is 3. The van der Waals surface area contributed by atoms with E-state index in [0.29, 0.717) is 24.7 Å². The number of urea groups is 1. The van der Waals surface area contributed by atoms with E-state index in [1.54, 1.807) is 17.9 Å². The summed E-state index contributed by atoms with van der Waals surface area (Å²) in [5.41, 5.74) is 4.83. The average Bonchev–Trinajstić information content (AvgIpc) is 3.00. The van der Waals surface area contributed by atoms with Crippen LogP contribution >= 0.6 is 0 Å². The summed E-state index contributed by atoms with van der Waals surface area (Å²) in [6.07, 6.45) is 0. The van der Waals surface area contributed by atoms with Gasteiger partial charge >= 0.3 is 6.03 Å². The van der Waals surface area contributed by atoms with Crippen molar-refractivity contribution in [2.75, 3.05) is 30.8 Å². The van der Waals surface area contributed by atoms with E-state index in [-0.39, 0.29) is 6.03 Å². The van der Waals surface area contributed by atoms with E-state index in [1.165, 1.54) is 0 Å². The van der Waals surface area contributed by atoms with E-state index in [9.17, 15) is 4.79 Å². The van der Waals surface area contributed by atoms with Crippen molar-refractivity contribution in [3.05, 3.63) is 52.8 Å². The highest BCUT2D eigenvalue weighted by atomic mass is 16.5. The number of aryl methyl sites for hydroxylation is 2. The lowest BCUT2D eigenvalue weighted by Gasteiger charge is -2.11. The summed E-state index contributed by atoms with van der Waals surface area (Å²) >= 11 is 0. The van der Waals surface area contributed by atoms with Crippen molar-refractivity contribution in [3.8, 4) is 11.6 Å². The first-order valence-electron chi connectivity index (χ1n) is 9.69. The molecule has 2 amide bonds. The number of amides is 2. The molecule has 0 aliphatic carbocycles. The Balaban J connectivity index is 1.46. The summed E-state index contributed by atoms with van der Waals surface area (Å²) in [6.45, 7) is 8.88. The fraction of sp³-hybridized carbons (Fsp3) is 0.333. The van der Waals surface area contributed by atoms with E-state index in [0.717, 1.165) is 34.0 Å². The van der Waals surface area contributed by atoms with Gasteiger partial charge < -0.3 is 20.7 Å². The monoisotopic (exact) mass is 409 g/mol. The zero-order valence-electron chi connectivity index (χ0n) is 17.9. The van der Waals surface area contributed by atoms with Gasteiger partial charge in [0.15, 0.2) is 5.82 Å². The molecule has 3 N–H and O–H groups in total. The van der Waals surface area contributed by atoms with E-state index >= 15 is 0 Å². The SMILES string of the molecule is COc1ccc(NC(=O)NCCNc2ccc(-n3nc(C)c(C)c3C)nn2)c(C)c1. The van der Waals surface area contributed by atoms with Crippen LogP contribution in [-0.4, -0.2) is 46.2 Å². The number of hydrogen-bond acceptors (Lipinski definition) is 6. The van der Waals surface area contributed by atoms with E-state index < -0.39 is 0 Å². The molecule has 30 heavy (non-hydrogen) atoms. The summed E-state index contributed by atoms with van der Waals surface area (Å²) < 4.78 is 6.95. The first-order valence-corrected chi connectivity index (χ1v) is 9.69. The molecule has 0 saturated carbocycles. The molecule has 3 aromatic rings. The Kier molecular flexibility index (Phi) is 6.51. The first kappa shape index (κ1) is 21.1. The Morgan fingerprint density at radius 2 is 1.87 bits per heavy atom. The molecule has 0 saturated heterocycles. The van der Waals surface area contributed by atoms with Gasteiger partial charge in [0.1, 0.15) is 11.6 Å². The lowest BCUT2D eigenvalue weighted by Crippen LogP contribution is -2.33. The molecular weight excluding hydrogens is 382 g/mol. The fourth-order valence-electron chi connectivity index (χ4n) is 2.91. The van der Waals surface area contributed by atoms with Crippen molar-refractivity contribution >= 4 is 17.5 Å². The summed E-state index contributed by atoms with van der Waals surface area (Å²) in [7, 11) is 1.61. The minimum absolute atomic E-state index is 0.272. The highest BCUT2D eigenvalue weighted by Crippen LogP contribution is 2.20. The van der Waals surface area contributed by atoms with Crippen molar-refractivity contribution in [3.63, 3.8) is 0 Å². The number of rotatable bonds is 7. The van der Waals surface area contributed by atoms with Crippen molar-refractivity contribution < 1.29 is 9.53 Å². The zero-order valence-corrected chi connectivity index (χ0v) is 17.9. The Labute approximate surface area is 175 Å². The lowest BCUT2D eigenvalue weighted by atomic mass is 10.2.